The smallest absolute Gasteiger partial charge is 0.285 e. The summed E-state index contributed by atoms with van der Waals surface area (Å²) in [6.07, 6.45) is -0.758. The molecule has 18 heavy (non-hydrogen) atoms. The van der Waals surface area contributed by atoms with Crippen LogP contribution in [0.15, 0.2) is 30.3 Å². The summed E-state index contributed by atoms with van der Waals surface area (Å²) >= 11 is 0. The lowest BCUT2D eigenvalue weighted by molar-refractivity contribution is -0.0442. The first kappa shape index (κ1) is 15.0. The van der Waals surface area contributed by atoms with Gasteiger partial charge in [0.15, 0.2) is 0 Å². The van der Waals surface area contributed by atoms with Gasteiger partial charge in [-0.2, -0.15) is 8.78 Å². The number of hydrogen-bond acceptors (Lipinski definition) is 3. The second-order valence-electron chi connectivity index (χ2n) is 4.38. The Labute approximate surface area is 106 Å². The van der Waals surface area contributed by atoms with Crippen LogP contribution in [0.4, 0.5) is 8.78 Å². The molecule has 0 saturated carbocycles. The molecular weight excluding hydrogens is 240 g/mol. The predicted octanol–water partition coefficient (Wildman–Crippen LogP) is 1.72. The maximum Gasteiger partial charge on any atom is 0.285 e. The molecule has 1 rings (SSSR count). The van der Waals surface area contributed by atoms with Gasteiger partial charge in [-0.05, 0) is 7.05 Å². The van der Waals surface area contributed by atoms with Crippen LogP contribution in [0.1, 0.15) is 5.56 Å². The van der Waals surface area contributed by atoms with Crippen molar-refractivity contribution >= 4 is 0 Å². The van der Waals surface area contributed by atoms with E-state index in [2.05, 4.69) is 0 Å². The molecule has 0 aromatic heterocycles. The van der Waals surface area contributed by atoms with Gasteiger partial charge in [-0.15, -0.1) is 0 Å². The summed E-state index contributed by atoms with van der Waals surface area (Å²) in [6, 6.07) is 7.68. The van der Waals surface area contributed by atoms with E-state index in [-0.39, 0.29) is 18.7 Å². The topological polar surface area (TPSA) is 32.7 Å². The van der Waals surface area contributed by atoms with Gasteiger partial charge in [0.1, 0.15) is 0 Å². The van der Waals surface area contributed by atoms with E-state index in [4.69, 9.17) is 4.74 Å². The van der Waals surface area contributed by atoms with Crippen molar-refractivity contribution in [1.82, 2.24) is 4.90 Å². The minimum atomic E-state index is -2.93. The molecule has 1 aromatic rings. The van der Waals surface area contributed by atoms with Gasteiger partial charge >= 0.3 is 0 Å². The van der Waals surface area contributed by atoms with Gasteiger partial charge in [0, 0.05) is 19.2 Å². The number of likely N-dealkylation sites (N-methyl/N-ethyl adjacent to an activating group) is 1. The molecule has 0 amide bonds. The molecule has 0 saturated heterocycles. The van der Waals surface area contributed by atoms with Crippen LogP contribution in [0, 0.1) is 0 Å². The largest absolute Gasteiger partial charge is 0.389 e. The number of hydrogen-bond donors (Lipinski definition) is 1. The van der Waals surface area contributed by atoms with Crippen molar-refractivity contribution < 1.29 is 18.6 Å². The Hall–Kier alpha value is -1.04. The highest BCUT2D eigenvalue weighted by Gasteiger charge is 2.33. The van der Waals surface area contributed by atoms with Crippen molar-refractivity contribution in [1.29, 1.82) is 0 Å². The lowest BCUT2D eigenvalue weighted by Crippen LogP contribution is -2.38. The quantitative estimate of drug-likeness (QED) is 0.809. The molecule has 0 fully saturated rings. The number of benzene rings is 1. The highest BCUT2D eigenvalue weighted by molar-refractivity contribution is 5.20. The van der Waals surface area contributed by atoms with Gasteiger partial charge in [-0.3, -0.25) is 4.90 Å². The zero-order valence-electron chi connectivity index (χ0n) is 10.6. The molecule has 0 radical (unpaired) electrons. The third-order valence-electron chi connectivity index (χ3n) is 2.55. The summed E-state index contributed by atoms with van der Waals surface area (Å²) < 4.78 is 32.5. The molecule has 0 bridgehead atoms. The summed E-state index contributed by atoms with van der Waals surface area (Å²) in [5.74, 6) is -2.93. The second-order valence-corrected chi connectivity index (χ2v) is 4.38. The maximum atomic E-state index is 13.9. The van der Waals surface area contributed by atoms with Gasteiger partial charge in [-0.1, -0.05) is 30.3 Å². The summed E-state index contributed by atoms with van der Waals surface area (Å²) in [4.78, 5) is 1.40. The molecule has 5 heteroatoms. The van der Waals surface area contributed by atoms with Crippen molar-refractivity contribution in [2.75, 3.05) is 33.9 Å². The van der Waals surface area contributed by atoms with E-state index in [1.807, 2.05) is 0 Å². The average molecular weight is 259 g/mol. The van der Waals surface area contributed by atoms with E-state index in [0.717, 1.165) is 0 Å². The number of ether oxygens (including phenoxy) is 1. The van der Waals surface area contributed by atoms with Crippen LogP contribution in [-0.4, -0.2) is 50.0 Å². The first-order valence-corrected chi connectivity index (χ1v) is 5.74. The third-order valence-corrected chi connectivity index (χ3v) is 2.55. The standard InChI is InChI=1S/C13H19F2NO2/c1-16(8-12(17)9-18-2)10-13(14,15)11-6-4-3-5-7-11/h3-7,12,17H,8-10H2,1-2H3. The molecule has 0 aliphatic carbocycles. The monoisotopic (exact) mass is 259 g/mol. The predicted molar refractivity (Wildman–Crippen MR) is 65.7 cm³/mol. The second kappa shape index (κ2) is 6.78. The highest BCUT2D eigenvalue weighted by Crippen LogP contribution is 2.28. The maximum absolute atomic E-state index is 13.9. The van der Waals surface area contributed by atoms with Crippen LogP contribution < -0.4 is 0 Å². The molecule has 1 aromatic carbocycles. The average Bonchev–Trinajstić information content (AvgIpc) is 2.29. The van der Waals surface area contributed by atoms with Crippen LogP contribution in [0.2, 0.25) is 0 Å². The number of nitrogens with zero attached hydrogens (tertiary/aromatic N) is 1. The molecule has 0 heterocycles. The van der Waals surface area contributed by atoms with Gasteiger partial charge in [0.2, 0.25) is 0 Å². The van der Waals surface area contributed by atoms with Crippen LogP contribution in [0.25, 0.3) is 0 Å². The van der Waals surface area contributed by atoms with Gasteiger partial charge in [0.25, 0.3) is 5.92 Å². The first-order chi connectivity index (χ1) is 8.45. The van der Waals surface area contributed by atoms with Crippen LogP contribution >= 0.6 is 0 Å². The highest BCUT2D eigenvalue weighted by atomic mass is 19.3. The number of aliphatic hydroxyl groups is 1. The van der Waals surface area contributed by atoms with Crippen LogP contribution in [0.3, 0.4) is 0 Å². The molecule has 1 unspecified atom stereocenters. The number of halogens is 2. The van der Waals surface area contributed by atoms with Gasteiger partial charge < -0.3 is 9.84 Å². The minimum Gasteiger partial charge on any atom is -0.389 e. The summed E-state index contributed by atoms with van der Waals surface area (Å²) in [5, 5.41) is 9.48. The fourth-order valence-corrected chi connectivity index (χ4v) is 1.78. The number of alkyl halides is 2. The van der Waals surface area contributed by atoms with E-state index < -0.39 is 18.6 Å². The van der Waals surface area contributed by atoms with Crippen molar-refractivity contribution in [2.45, 2.75) is 12.0 Å². The van der Waals surface area contributed by atoms with E-state index >= 15 is 0 Å². The number of aliphatic hydroxyl groups excluding tert-OH is 1. The number of rotatable bonds is 7. The Kier molecular flexibility index (Phi) is 5.65. The third kappa shape index (κ3) is 4.68. The lowest BCUT2D eigenvalue weighted by Gasteiger charge is -2.25. The molecule has 3 nitrogen and oxygen atoms in total. The minimum absolute atomic E-state index is 0.0157. The molecule has 0 aliphatic rings. The van der Waals surface area contributed by atoms with Gasteiger partial charge in [0.05, 0.1) is 19.3 Å². The van der Waals surface area contributed by atoms with Gasteiger partial charge in [-0.25, -0.2) is 0 Å². The fourth-order valence-electron chi connectivity index (χ4n) is 1.78. The Morgan fingerprint density at radius 3 is 2.50 bits per heavy atom. The zero-order chi connectivity index (χ0) is 13.6. The van der Waals surface area contributed by atoms with Crippen LogP contribution in [-0.2, 0) is 10.7 Å². The number of methoxy groups -OCH3 is 1. The SMILES string of the molecule is COCC(O)CN(C)CC(F)(F)c1ccccc1. The van der Waals surface area contributed by atoms with Crippen molar-refractivity contribution in [2.24, 2.45) is 0 Å². The summed E-state index contributed by atoms with van der Waals surface area (Å²) in [5.41, 5.74) is -0.0157. The molecule has 0 aliphatic heterocycles. The normalized spacial score (nSPS) is 13.9. The Balaban J connectivity index is 2.55. The summed E-state index contributed by atoms with van der Waals surface area (Å²) in [6.45, 7) is -0.144. The van der Waals surface area contributed by atoms with Crippen molar-refractivity contribution in [3.8, 4) is 0 Å². The lowest BCUT2D eigenvalue weighted by atomic mass is 10.1. The van der Waals surface area contributed by atoms with Crippen LogP contribution in [0.5, 0.6) is 0 Å². The van der Waals surface area contributed by atoms with E-state index in [1.165, 1.54) is 24.1 Å². The Morgan fingerprint density at radius 2 is 1.94 bits per heavy atom. The molecule has 0 spiro atoms. The van der Waals surface area contributed by atoms with E-state index in [9.17, 15) is 13.9 Å². The first-order valence-electron chi connectivity index (χ1n) is 5.74. The Bertz CT molecular complexity index is 346. The Morgan fingerprint density at radius 1 is 1.33 bits per heavy atom. The van der Waals surface area contributed by atoms with E-state index in [0.29, 0.717) is 0 Å². The zero-order valence-corrected chi connectivity index (χ0v) is 10.6. The summed E-state index contributed by atoms with van der Waals surface area (Å²) in [7, 11) is 3.01. The van der Waals surface area contributed by atoms with Crippen molar-refractivity contribution in [3.05, 3.63) is 35.9 Å². The van der Waals surface area contributed by atoms with Crippen molar-refractivity contribution in [3.63, 3.8) is 0 Å². The molecule has 1 N–H and O–H groups in total. The molecule has 102 valence electrons. The van der Waals surface area contributed by atoms with E-state index in [1.54, 1.807) is 25.2 Å². The molecule has 1 atom stereocenters. The fraction of sp³-hybridized carbons (Fsp3) is 0.538. The molecular formula is C13H19F2NO2.